The van der Waals surface area contributed by atoms with Crippen LogP contribution in [0.2, 0.25) is 18.6 Å². The summed E-state index contributed by atoms with van der Waals surface area (Å²) in [7, 11) is -1.26. The molecular formula is C10H24OSi. The Kier molecular flexibility index (Phi) is 6.77. The van der Waals surface area contributed by atoms with E-state index in [1.165, 1.54) is 31.4 Å². The largest absolute Gasteiger partial charge is 0.417 e. The Hall–Kier alpha value is 0.177. The van der Waals surface area contributed by atoms with Crippen molar-refractivity contribution in [3.63, 3.8) is 0 Å². The molecule has 0 saturated heterocycles. The van der Waals surface area contributed by atoms with Crippen molar-refractivity contribution in [2.45, 2.75) is 58.7 Å². The smallest absolute Gasteiger partial charge is 0.189 e. The van der Waals surface area contributed by atoms with Crippen LogP contribution in [0.1, 0.15) is 40.0 Å². The van der Waals surface area contributed by atoms with Crippen LogP contribution >= 0.6 is 0 Å². The maximum atomic E-state index is 6.00. The molecule has 1 atom stereocenters. The van der Waals surface area contributed by atoms with E-state index >= 15 is 0 Å². The third-order valence-electron chi connectivity index (χ3n) is 2.48. The van der Waals surface area contributed by atoms with E-state index < -0.39 is 8.32 Å². The molecule has 12 heavy (non-hydrogen) atoms. The van der Waals surface area contributed by atoms with Crippen LogP contribution < -0.4 is 0 Å². The van der Waals surface area contributed by atoms with Crippen LogP contribution in [0.25, 0.3) is 0 Å². The molecular weight excluding hydrogens is 164 g/mol. The molecule has 0 bridgehead atoms. The lowest BCUT2D eigenvalue weighted by Crippen LogP contribution is -2.33. The fourth-order valence-electron chi connectivity index (χ4n) is 1.34. The van der Waals surface area contributed by atoms with Gasteiger partial charge in [-0.3, -0.25) is 0 Å². The van der Waals surface area contributed by atoms with E-state index in [0.29, 0.717) is 0 Å². The Balaban J connectivity index is 3.63. The topological polar surface area (TPSA) is 9.23 Å². The summed E-state index contributed by atoms with van der Waals surface area (Å²) in [6, 6.07) is 2.60. The zero-order valence-corrected chi connectivity index (χ0v) is 10.2. The minimum atomic E-state index is -1.26. The van der Waals surface area contributed by atoms with E-state index in [2.05, 4.69) is 27.3 Å². The Morgan fingerprint density at radius 2 is 1.75 bits per heavy atom. The van der Waals surface area contributed by atoms with Crippen LogP contribution in [-0.4, -0.2) is 14.9 Å². The number of hydrogen-bond acceptors (Lipinski definition) is 1. The van der Waals surface area contributed by atoms with Crippen molar-refractivity contribution in [2.24, 2.45) is 0 Å². The molecule has 0 rings (SSSR count). The normalized spacial score (nSPS) is 16.0. The molecule has 0 aromatic carbocycles. The Morgan fingerprint density at radius 1 is 1.08 bits per heavy atom. The van der Waals surface area contributed by atoms with Crippen LogP contribution in [-0.2, 0) is 4.43 Å². The molecule has 0 aliphatic carbocycles. The Bertz CT molecular complexity index is 106. The lowest BCUT2D eigenvalue weighted by Gasteiger charge is -2.25. The van der Waals surface area contributed by atoms with Gasteiger partial charge < -0.3 is 4.43 Å². The van der Waals surface area contributed by atoms with E-state index in [0.717, 1.165) is 6.61 Å². The van der Waals surface area contributed by atoms with Gasteiger partial charge in [-0.05, 0) is 25.1 Å². The van der Waals surface area contributed by atoms with Gasteiger partial charge in [-0.1, -0.05) is 33.6 Å². The molecule has 2 heteroatoms. The molecule has 0 fully saturated rings. The molecule has 74 valence electrons. The standard InChI is InChI=1S/C10H24OSi/c1-5-8-9-11-12(4,7-3)10-6-2/h5-10H2,1-4H3. The minimum absolute atomic E-state index is 0.993. The summed E-state index contributed by atoms with van der Waals surface area (Å²) in [6.45, 7) is 10.1. The van der Waals surface area contributed by atoms with Crippen molar-refractivity contribution in [1.82, 2.24) is 0 Å². The van der Waals surface area contributed by atoms with Crippen molar-refractivity contribution in [1.29, 1.82) is 0 Å². The molecule has 0 aliphatic heterocycles. The first kappa shape index (κ1) is 12.2. The van der Waals surface area contributed by atoms with Gasteiger partial charge in [0, 0.05) is 6.61 Å². The van der Waals surface area contributed by atoms with Crippen molar-refractivity contribution >= 4 is 8.32 Å². The second kappa shape index (κ2) is 6.67. The molecule has 0 aromatic rings. The van der Waals surface area contributed by atoms with E-state index in [4.69, 9.17) is 4.43 Å². The summed E-state index contributed by atoms with van der Waals surface area (Å²) in [6.07, 6.45) is 3.76. The van der Waals surface area contributed by atoms with E-state index in [9.17, 15) is 0 Å². The molecule has 0 radical (unpaired) electrons. The fraction of sp³-hybridized carbons (Fsp3) is 1.00. The Morgan fingerprint density at radius 3 is 2.17 bits per heavy atom. The first-order valence-electron chi connectivity index (χ1n) is 5.32. The summed E-state index contributed by atoms with van der Waals surface area (Å²) >= 11 is 0. The molecule has 0 heterocycles. The van der Waals surface area contributed by atoms with Crippen LogP contribution in [0, 0.1) is 0 Å². The lowest BCUT2D eigenvalue weighted by molar-refractivity contribution is 0.294. The summed E-state index contributed by atoms with van der Waals surface area (Å²) in [5.41, 5.74) is 0. The van der Waals surface area contributed by atoms with Gasteiger partial charge >= 0.3 is 0 Å². The molecule has 1 nitrogen and oxygen atoms in total. The number of hydrogen-bond donors (Lipinski definition) is 0. The van der Waals surface area contributed by atoms with Gasteiger partial charge in [0.2, 0.25) is 0 Å². The predicted molar refractivity (Wildman–Crippen MR) is 58.1 cm³/mol. The first-order chi connectivity index (χ1) is 5.68. The second-order valence-electron chi connectivity index (χ2n) is 3.76. The number of rotatable bonds is 7. The van der Waals surface area contributed by atoms with Gasteiger partial charge in [0.25, 0.3) is 0 Å². The first-order valence-corrected chi connectivity index (χ1v) is 8.14. The van der Waals surface area contributed by atoms with E-state index in [1.54, 1.807) is 0 Å². The summed E-state index contributed by atoms with van der Waals surface area (Å²) in [5.74, 6) is 0. The van der Waals surface area contributed by atoms with Gasteiger partial charge in [-0.25, -0.2) is 0 Å². The van der Waals surface area contributed by atoms with Crippen molar-refractivity contribution in [2.75, 3.05) is 6.61 Å². The zero-order valence-electron chi connectivity index (χ0n) is 9.15. The molecule has 0 saturated carbocycles. The molecule has 0 aromatic heterocycles. The molecule has 1 unspecified atom stereocenters. The van der Waals surface area contributed by atoms with Crippen molar-refractivity contribution < 1.29 is 4.43 Å². The van der Waals surface area contributed by atoms with Gasteiger partial charge in [0.1, 0.15) is 0 Å². The zero-order chi connectivity index (χ0) is 9.45. The highest BCUT2D eigenvalue weighted by Crippen LogP contribution is 2.18. The quantitative estimate of drug-likeness (QED) is 0.436. The highest BCUT2D eigenvalue weighted by molar-refractivity contribution is 6.72. The minimum Gasteiger partial charge on any atom is -0.417 e. The van der Waals surface area contributed by atoms with Gasteiger partial charge in [0.15, 0.2) is 8.32 Å². The van der Waals surface area contributed by atoms with Gasteiger partial charge in [-0.15, -0.1) is 0 Å². The Labute approximate surface area is 78.6 Å². The highest BCUT2D eigenvalue weighted by Gasteiger charge is 2.24. The molecule has 0 aliphatic rings. The van der Waals surface area contributed by atoms with Crippen LogP contribution in [0.15, 0.2) is 0 Å². The predicted octanol–water partition coefficient (Wildman–Crippen LogP) is 3.81. The third kappa shape index (κ3) is 4.94. The third-order valence-corrected chi connectivity index (χ3v) is 6.43. The SMILES string of the molecule is CCCCO[Si](C)(CC)CCC. The van der Waals surface area contributed by atoms with E-state index in [-0.39, 0.29) is 0 Å². The van der Waals surface area contributed by atoms with Crippen molar-refractivity contribution in [3.05, 3.63) is 0 Å². The summed E-state index contributed by atoms with van der Waals surface area (Å²) in [4.78, 5) is 0. The molecule has 0 N–H and O–H groups in total. The monoisotopic (exact) mass is 188 g/mol. The van der Waals surface area contributed by atoms with Gasteiger partial charge in [0.05, 0.1) is 0 Å². The van der Waals surface area contributed by atoms with Crippen LogP contribution in [0.3, 0.4) is 0 Å². The molecule has 0 spiro atoms. The average Bonchev–Trinajstić information content (AvgIpc) is 2.06. The maximum absolute atomic E-state index is 6.00. The summed E-state index contributed by atoms with van der Waals surface area (Å²) < 4.78 is 6.00. The fourth-order valence-corrected chi connectivity index (χ4v) is 3.74. The van der Waals surface area contributed by atoms with Crippen LogP contribution in [0.4, 0.5) is 0 Å². The maximum Gasteiger partial charge on any atom is 0.189 e. The number of unbranched alkanes of at least 4 members (excludes halogenated alkanes) is 1. The lowest BCUT2D eigenvalue weighted by atomic mass is 10.4. The second-order valence-corrected chi connectivity index (χ2v) is 8.15. The average molecular weight is 188 g/mol. The van der Waals surface area contributed by atoms with E-state index in [1.807, 2.05) is 0 Å². The molecule has 0 amide bonds. The van der Waals surface area contributed by atoms with Crippen LogP contribution in [0.5, 0.6) is 0 Å². The van der Waals surface area contributed by atoms with Crippen molar-refractivity contribution in [3.8, 4) is 0 Å². The highest BCUT2D eigenvalue weighted by atomic mass is 28.4. The van der Waals surface area contributed by atoms with Gasteiger partial charge in [-0.2, -0.15) is 0 Å². The summed E-state index contributed by atoms with van der Waals surface area (Å²) in [5, 5.41) is 0.